The summed E-state index contributed by atoms with van der Waals surface area (Å²) in [4.78, 5) is 28.3. The van der Waals surface area contributed by atoms with Gasteiger partial charge in [0.2, 0.25) is 5.91 Å². The summed E-state index contributed by atoms with van der Waals surface area (Å²) < 4.78 is 0. The molecule has 0 aliphatic heterocycles. The van der Waals surface area contributed by atoms with Crippen molar-refractivity contribution in [3.8, 4) is 0 Å². The Labute approximate surface area is 128 Å². The summed E-state index contributed by atoms with van der Waals surface area (Å²) in [6, 6.07) is 12.7. The number of anilines is 1. The number of thioether (sulfide) groups is 1. The summed E-state index contributed by atoms with van der Waals surface area (Å²) in [5.74, 6) is 0.872. The van der Waals surface area contributed by atoms with Crippen LogP contribution in [0.4, 0.5) is 5.82 Å². The van der Waals surface area contributed by atoms with Crippen molar-refractivity contribution in [1.29, 1.82) is 0 Å². The highest BCUT2D eigenvalue weighted by Crippen LogP contribution is 2.19. The molecule has 0 atom stereocenters. The Morgan fingerprint density at radius 2 is 1.90 bits per heavy atom. The first-order valence-electron chi connectivity index (χ1n) is 6.66. The van der Waals surface area contributed by atoms with Crippen molar-refractivity contribution in [2.24, 2.45) is 0 Å². The lowest BCUT2D eigenvalue weighted by atomic mass is 10.1. The number of carbonyl (C=O) groups is 2. The highest BCUT2D eigenvalue weighted by atomic mass is 32.2. The van der Waals surface area contributed by atoms with Crippen LogP contribution in [0.2, 0.25) is 0 Å². The summed E-state index contributed by atoms with van der Waals surface area (Å²) in [5.41, 5.74) is 0.708. The molecule has 1 aromatic carbocycles. The van der Waals surface area contributed by atoms with Gasteiger partial charge in [-0.15, -0.1) is 11.8 Å². The largest absolute Gasteiger partial charge is 0.310 e. The van der Waals surface area contributed by atoms with Crippen LogP contribution in [-0.2, 0) is 4.79 Å². The Morgan fingerprint density at radius 3 is 2.52 bits per heavy atom. The fourth-order valence-electron chi connectivity index (χ4n) is 1.71. The number of pyridine rings is 1. The summed E-state index contributed by atoms with van der Waals surface area (Å²) in [6.45, 7) is 1.84. The lowest BCUT2D eigenvalue weighted by molar-refractivity contribution is -0.113. The number of hydrogen-bond donors (Lipinski definition) is 1. The number of ketones is 1. The highest BCUT2D eigenvalue weighted by molar-refractivity contribution is 8.00. The standard InChI is InChI=1S/C16H16N2O2S/c1-2-14(19)12-6-8-13(9-7-12)21-11-16(20)18-15-5-3-4-10-17-15/h3-10H,2,11H2,1H3,(H,17,18,20). The summed E-state index contributed by atoms with van der Waals surface area (Å²) in [7, 11) is 0. The van der Waals surface area contributed by atoms with E-state index in [0.29, 0.717) is 23.6 Å². The number of benzene rings is 1. The van der Waals surface area contributed by atoms with Gasteiger partial charge in [-0.3, -0.25) is 9.59 Å². The number of Topliss-reactive ketones (excluding diaryl/α,β-unsaturated/α-hetero) is 1. The maximum Gasteiger partial charge on any atom is 0.235 e. The second kappa shape index (κ2) is 7.59. The van der Waals surface area contributed by atoms with Gasteiger partial charge < -0.3 is 5.32 Å². The van der Waals surface area contributed by atoms with E-state index in [1.54, 1.807) is 30.5 Å². The van der Waals surface area contributed by atoms with Crippen molar-refractivity contribution in [1.82, 2.24) is 4.98 Å². The Balaban J connectivity index is 1.85. The minimum Gasteiger partial charge on any atom is -0.310 e. The second-order valence-electron chi connectivity index (χ2n) is 4.35. The van der Waals surface area contributed by atoms with Gasteiger partial charge in [0.15, 0.2) is 5.78 Å². The molecular formula is C16H16N2O2S. The Kier molecular flexibility index (Phi) is 5.51. The van der Waals surface area contributed by atoms with E-state index in [1.807, 2.05) is 25.1 Å². The molecule has 0 saturated carbocycles. The van der Waals surface area contributed by atoms with Gasteiger partial charge in [-0.2, -0.15) is 0 Å². The molecule has 2 rings (SSSR count). The summed E-state index contributed by atoms with van der Waals surface area (Å²) >= 11 is 1.42. The van der Waals surface area contributed by atoms with Crippen LogP contribution in [0.3, 0.4) is 0 Å². The van der Waals surface area contributed by atoms with Crippen LogP contribution >= 0.6 is 11.8 Å². The van der Waals surface area contributed by atoms with E-state index in [1.165, 1.54) is 11.8 Å². The molecule has 1 amide bonds. The molecule has 0 unspecified atom stereocenters. The molecule has 0 fully saturated rings. The van der Waals surface area contributed by atoms with Crippen LogP contribution in [0, 0.1) is 0 Å². The zero-order valence-corrected chi connectivity index (χ0v) is 12.5. The van der Waals surface area contributed by atoms with E-state index >= 15 is 0 Å². The predicted molar refractivity (Wildman–Crippen MR) is 84.7 cm³/mol. The van der Waals surface area contributed by atoms with Crippen molar-refractivity contribution < 1.29 is 9.59 Å². The van der Waals surface area contributed by atoms with Crippen LogP contribution in [0.1, 0.15) is 23.7 Å². The first-order chi connectivity index (χ1) is 10.2. The minimum atomic E-state index is -0.104. The molecule has 5 heteroatoms. The summed E-state index contributed by atoms with van der Waals surface area (Å²) in [6.07, 6.45) is 2.13. The molecule has 21 heavy (non-hydrogen) atoms. The normalized spacial score (nSPS) is 10.1. The fourth-order valence-corrected chi connectivity index (χ4v) is 2.40. The van der Waals surface area contributed by atoms with Crippen molar-refractivity contribution in [2.75, 3.05) is 11.1 Å². The number of aromatic nitrogens is 1. The molecule has 2 aromatic rings. The third-order valence-electron chi connectivity index (χ3n) is 2.80. The van der Waals surface area contributed by atoms with Crippen LogP contribution in [0.5, 0.6) is 0 Å². The van der Waals surface area contributed by atoms with Gasteiger partial charge in [-0.25, -0.2) is 4.98 Å². The molecule has 1 aromatic heterocycles. The molecule has 108 valence electrons. The average Bonchev–Trinajstić information content (AvgIpc) is 2.53. The first-order valence-corrected chi connectivity index (χ1v) is 7.64. The molecule has 1 heterocycles. The molecule has 0 spiro atoms. The minimum absolute atomic E-state index is 0.104. The number of hydrogen-bond acceptors (Lipinski definition) is 4. The molecular weight excluding hydrogens is 284 g/mol. The first kappa shape index (κ1) is 15.3. The quantitative estimate of drug-likeness (QED) is 0.656. The number of rotatable bonds is 6. The van der Waals surface area contributed by atoms with Gasteiger partial charge in [0, 0.05) is 23.1 Å². The Morgan fingerprint density at radius 1 is 1.14 bits per heavy atom. The van der Waals surface area contributed by atoms with E-state index in [0.717, 1.165) is 4.90 Å². The van der Waals surface area contributed by atoms with E-state index in [4.69, 9.17) is 0 Å². The molecule has 0 radical (unpaired) electrons. The predicted octanol–water partition coefficient (Wildman–Crippen LogP) is 3.41. The van der Waals surface area contributed by atoms with Gasteiger partial charge >= 0.3 is 0 Å². The second-order valence-corrected chi connectivity index (χ2v) is 5.40. The van der Waals surface area contributed by atoms with E-state index < -0.39 is 0 Å². The van der Waals surface area contributed by atoms with Crippen LogP contribution in [0.15, 0.2) is 53.6 Å². The van der Waals surface area contributed by atoms with Crippen molar-refractivity contribution >= 4 is 29.3 Å². The summed E-state index contributed by atoms with van der Waals surface area (Å²) in [5, 5.41) is 2.73. The number of nitrogens with zero attached hydrogens (tertiary/aromatic N) is 1. The van der Waals surface area contributed by atoms with Crippen LogP contribution < -0.4 is 5.32 Å². The lowest BCUT2D eigenvalue weighted by Crippen LogP contribution is -2.14. The monoisotopic (exact) mass is 300 g/mol. The maximum absolute atomic E-state index is 11.8. The van der Waals surface area contributed by atoms with Gasteiger partial charge in [0.1, 0.15) is 5.82 Å². The van der Waals surface area contributed by atoms with Crippen molar-refractivity contribution in [3.05, 3.63) is 54.2 Å². The van der Waals surface area contributed by atoms with Gasteiger partial charge in [-0.1, -0.05) is 25.1 Å². The number of carbonyl (C=O) groups excluding carboxylic acids is 2. The molecule has 0 bridgehead atoms. The topological polar surface area (TPSA) is 59.1 Å². The van der Waals surface area contributed by atoms with E-state index in [9.17, 15) is 9.59 Å². The van der Waals surface area contributed by atoms with Gasteiger partial charge in [-0.05, 0) is 24.3 Å². The van der Waals surface area contributed by atoms with Crippen molar-refractivity contribution in [3.63, 3.8) is 0 Å². The zero-order chi connectivity index (χ0) is 15.1. The average molecular weight is 300 g/mol. The third-order valence-corrected chi connectivity index (χ3v) is 3.81. The van der Waals surface area contributed by atoms with E-state index in [2.05, 4.69) is 10.3 Å². The highest BCUT2D eigenvalue weighted by Gasteiger charge is 2.06. The Hall–Kier alpha value is -2.14. The SMILES string of the molecule is CCC(=O)c1ccc(SCC(=O)Nc2ccccn2)cc1. The number of nitrogens with one attached hydrogen (secondary N) is 1. The zero-order valence-electron chi connectivity index (χ0n) is 11.7. The molecule has 0 aliphatic rings. The fraction of sp³-hybridized carbons (Fsp3) is 0.188. The molecule has 1 N–H and O–H groups in total. The van der Waals surface area contributed by atoms with Crippen LogP contribution in [-0.4, -0.2) is 22.4 Å². The van der Waals surface area contributed by atoms with Crippen LogP contribution in [0.25, 0.3) is 0 Å². The number of amides is 1. The molecule has 0 saturated heterocycles. The smallest absolute Gasteiger partial charge is 0.235 e. The van der Waals surface area contributed by atoms with E-state index in [-0.39, 0.29) is 11.7 Å². The van der Waals surface area contributed by atoms with Crippen molar-refractivity contribution in [2.45, 2.75) is 18.2 Å². The maximum atomic E-state index is 11.8. The third kappa shape index (κ3) is 4.72. The lowest BCUT2D eigenvalue weighted by Gasteiger charge is -2.05. The Bertz CT molecular complexity index is 612. The molecule has 4 nitrogen and oxygen atoms in total. The molecule has 0 aliphatic carbocycles. The van der Waals surface area contributed by atoms with Gasteiger partial charge in [0.25, 0.3) is 0 Å². The van der Waals surface area contributed by atoms with Gasteiger partial charge in [0.05, 0.1) is 5.75 Å².